The Labute approximate surface area is 164 Å². The van der Waals surface area contributed by atoms with Crippen molar-refractivity contribution in [2.24, 2.45) is 17.8 Å². The third kappa shape index (κ3) is 9.97. The van der Waals surface area contributed by atoms with Crippen molar-refractivity contribution < 1.29 is 67.9 Å². The Kier molecular flexibility index (Phi) is 9.89. The van der Waals surface area contributed by atoms with Crippen molar-refractivity contribution in [1.29, 1.82) is 0 Å². The fourth-order valence-corrected chi connectivity index (χ4v) is 8.96. The van der Waals surface area contributed by atoms with E-state index in [4.69, 9.17) is 29.8 Å². The first-order chi connectivity index (χ1) is 12.8. The fourth-order valence-electron chi connectivity index (χ4n) is 2.51. The molecular formula is C12H23O14P3. The highest BCUT2D eigenvalue weighted by Gasteiger charge is 2.48. The normalized spacial score (nSPS) is 17.9. The van der Waals surface area contributed by atoms with Gasteiger partial charge in [-0.05, 0) is 12.8 Å². The first kappa shape index (κ1) is 27.9. The molecule has 0 amide bonds. The van der Waals surface area contributed by atoms with Crippen LogP contribution in [0.5, 0.6) is 0 Å². The van der Waals surface area contributed by atoms with E-state index in [1.54, 1.807) is 0 Å². The van der Waals surface area contributed by atoms with Crippen molar-refractivity contribution in [1.82, 2.24) is 0 Å². The maximum Gasteiger partial charge on any atom is 0.341 e. The van der Waals surface area contributed by atoms with Gasteiger partial charge in [0.2, 0.25) is 7.37 Å². The van der Waals surface area contributed by atoms with Gasteiger partial charge in [-0.15, -0.1) is 0 Å². The number of carboxylic acid groups (broad SMARTS) is 3. The molecule has 14 nitrogen and oxygen atoms in total. The molecule has 17 heteroatoms. The second-order valence-corrected chi connectivity index (χ2v) is 13.1. The molecule has 29 heavy (non-hydrogen) atoms. The molecule has 4 unspecified atom stereocenters. The zero-order valence-electron chi connectivity index (χ0n) is 15.0. The molecule has 0 spiro atoms. The molecular weight excluding hydrogens is 461 g/mol. The maximum atomic E-state index is 12.3. The summed E-state index contributed by atoms with van der Waals surface area (Å²) in [5.74, 6) is -9.18. The summed E-state index contributed by atoms with van der Waals surface area (Å²) in [6, 6.07) is 0. The molecule has 0 radical (unpaired) electrons. The molecule has 0 aliphatic rings. The van der Waals surface area contributed by atoms with E-state index >= 15 is 0 Å². The van der Waals surface area contributed by atoms with Crippen molar-refractivity contribution in [2.75, 3.05) is 12.3 Å². The molecule has 0 aromatic carbocycles. The van der Waals surface area contributed by atoms with Gasteiger partial charge in [0.05, 0.1) is 23.9 Å². The Balaban J connectivity index is 5.59. The van der Waals surface area contributed by atoms with Gasteiger partial charge in [-0.2, -0.15) is 0 Å². The van der Waals surface area contributed by atoms with Gasteiger partial charge < -0.3 is 39.8 Å². The van der Waals surface area contributed by atoms with Crippen LogP contribution in [0.15, 0.2) is 0 Å². The van der Waals surface area contributed by atoms with Gasteiger partial charge >= 0.3 is 33.1 Å². The third-order valence-electron chi connectivity index (χ3n) is 4.06. The average molecular weight is 484 g/mol. The first-order valence-electron chi connectivity index (χ1n) is 7.87. The van der Waals surface area contributed by atoms with E-state index in [9.17, 15) is 38.1 Å². The lowest BCUT2D eigenvalue weighted by molar-refractivity contribution is -0.147. The Morgan fingerprint density at radius 2 is 1.10 bits per heavy atom. The predicted octanol–water partition coefficient (Wildman–Crippen LogP) is -0.159. The summed E-state index contributed by atoms with van der Waals surface area (Å²) in [6.45, 7) is 1.18. The van der Waals surface area contributed by atoms with E-state index in [-0.39, 0.29) is 0 Å². The molecule has 0 aromatic heterocycles. The lowest BCUT2D eigenvalue weighted by Gasteiger charge is -2.25. The lowest BCUT2D eigenvalue weighted by Crippen LogP contribution is -2.29. The quantitative estimate of drug-likeness (QED) is 0.158. The Bertz CT molecular complexity index is 744. The van der Waals surface area contributed by atoms with Crippen LogP contribution in [-0.2, 0) is 28.1 Å². The maximum absolute atomic E-state index is 12.3. The van der Waals surface area contributed by atoms with Gasteiger partial charge in [0.1, 0.15) is 0 Å². The Hall–Kier alpha value is -1.10. The van der Waals surface area contributed by atoms with Crippen LogP contribution in [0, 0.1) is 17.8 Å². The molecule has 8 N–H and O–H groups in total. The number of carbonyl (C=O) groups is 3. The molecule has 0 saturated heterocycles. The molecule has 0 bridgehead atoms. The first-order valence-corrected chi connectivity index (χ1v) is 13.3. The van der Waals surface area contributed by atoms with E-state index in [0.717, 1.165) is 0 Å². The van der Waals surface area contributed by atoms with Crippen LogP contribution >= 0.6 is 22.6 Å². The van der Waals surface area contributed by atoms with Crippen LogP contribution in [0.4, 0.5) is 0 Å². The van der Waals surface area contributed by atoms with Crippen molar-refractivity contribution in [2.45, 2.75) is 25.2 Å². The molecule has 0 heterocycles. The smallest absolute Gasteiger partial charge is 0.341 e. The van der Waals surface area contributed by atoms with Crippen LogP contribution in [0.1, 0.15) is 19.8 Å². The molecule has 0 aliphatic carbocycles. The van der Waals surface area contributed by atoms with Crippen LogP contribution < -0.4 is 0 Å². The summed E-state index contributed by atoms with van der Waals surface area (Å²) < 4.78 is 34.8. The molecule has 0 rings (SSSR count). The highest BCUT2D eigenvalue weighted by molar-refractivity contribution is 7.72. The monoisotopic (exact) mass is 484 g/mol. The van der Waals surface area contributed by atoms with Gasteiger partial charge in [0.25, 0.3) is 0 Å². The molecule has 170 valence electrons. The van der Waals surface area contributed by atoms with Crippen molar-refractivity contribution in [3.63, 3.8) is 0 Å². The molecule has 4 atom stereocenters. The summed E-state index contributed by atoms with van der Waals surface area (Å²) in [5, 5.41) is 24.4. The van der Waals surface area contributed by atoms with Crippen molar-refractivity contribution in [3.8, 4) is 0 Å². The molecule has 0 aromatic rings. The number of carboxylic acids is 3. The van der Waals surface area contributed by atoms with E-state index in [1.807, 2.05) is 0 Å². The van der Waals surface area contributed by atoms with Crippen LogP contribution in [0.25, 0.3) is 0 Å². The van der Waals surface area contributed by atoms with Crippen LogP contribution in [-0.4, -0.2) is 75.4 Å². The van der Waals surface area contributed by atoms with Gasteiger partial charge in [0, 0.05) is 6.16 Å². The largest absolute Gasteiger partial charge is 0.481 e. The summed E-state index contributed by atoms with van der Waals surface area (Å²) in [4.78, 5) is 79.6. The van der Waals surface area contributed by atoms with E-state index in [2.05, 4.69) is 0 Å². The minimum absolute atomic E-state index is 0.488. The number of rotatable bonds is 13. The Morgan fingerprint density at radius 1 is 0.690 bits per heavy atom. The SMILES string of the molecule is CC(CC(CC(CP(=O)(O)CC(P(=O)(O)O)P(=O)(O)O)C(=O)O)C(=O)O)C(=O)O. The van der Waals surface area contributed by atoms with Gasteiger partial charge in [0.15, 0.2) is 5.40 Å². The highest BCUT2D eigenvalue weighted by Crippen LogP contribution is 2.64. The highest BCUT2D eigenvalue weighted by atomic mass is 31.2. The lowest BCUT2D eigenvalue weighted by atomic mass is 9.88. The third-order valence-corrected chi connectivity index (χ3v) is 10.3. The van der Waals surface area contributed by atoms with Crippen molar-refractivity contribution in [3.05, 3.63) is 0 Å². The minimum atomic E-state index is -5.54. The predicted molar refractivity (Wildman–Crippen MR) is 95.7 cm³/mol. The van der Waals surface area contributed by atoms with Gasteiger partial charge in [-0.3, -0.25) is 28.1 Å². The van der Waals surface area contributed by atoms with Crippen molar-refractivity contribution >= 4 is 40.5 Å². The van der Waals surface area contributed by atoms with Gasteiger partial charge in [-0.25, -0.2) is 0 Å². The Morgan fingerprint density at radius 3 is 1.41 bits per heavy atom. The fraction of sp³-hybridized carbons (Fsp3) is 0.750. The standard InChI is InChI=1S/C12H23O14P3/c1-6(10(13)14)2-7(11(15)16)3-8(12(17)18)4-27(19,20)5-9(28(21,22)23)29(24,25)26/h6-9H,2-5H2,1H3,(H,13,14)(H,15,16)(H,17,18)(H,19,20)(H2,21,22,23)(H2,24,25,26). The average Bonchev–Trinajstić information content (AvgIpc) is 2.48. The zero-order chi connectivity index (χ0) is 23.4. The number of hydrogen-bond donors (Lipinski definition) is 8. The summed E-state index contributed by atoms with van der Waals surface area (Å²) in [6.07, 6.45) is -4.07. The second-order valence-electron chi connectivity index (χ2n) is 6.65. The number of hydrogen-bond acceptors (Lipinski definition) is 6. The van der Waals surface area contributed by atoms with Gasteiger partial charge in [-0.1, -0.05) is 6.92 Å². The second kappa shape index (κ2) is 10.3. The van der Waals surface area contributed by atoms with E-state index in [0.29, 0.717) is 0 Å². The minimum Gasteiger partial charge on any atom is -0.481 e. The zero-order valence-corrected chi connectivity index (χ0v) is 17.7. The molecule has 0 fully saturated rings. The van der Waals surface area contributed by atoms with Crippen LogP contribution in [0.3, 0.4) is 0 Å². The van der Waals surface area contributed by atoms with E-state index in [1.165, 1.54) is 6.92 Å². The van der Waals surface area contributed by atoms with Crippen LogP contribution in [0.2, 0.25) is 0 Å². The number of aliphatic carboxylic acids is 3. The summed E-state index contributed by atoms with van der Waals surface area (Å²) in [7, 11) is -15.9. The summed E-state index contributed by atoms with van der Waals surface area (Å²) in [5.41, 5.74) is 0. The van der Waals surface area contributed by atoms with E-state index < -0.39 is 88.8 Å². The summed E-state index contributed by atoms with van der Waals surface area (Å²) >= 11 is 0. The molecule has 0 saturated carbocycles. The molecule has 0 aliphatic heterocycles. The topological polar surface area (TPSA) is 264 Å².